The third-order valence-electron chi connectivity index (χ3n) is 4.24. The van der Waals surface area contributed by atoms with Gasteiger partial charge in [0, 0.05) is 25.0 Å². The maximum absolute atomic E-state index is 12.9. The molecule has 2 aromatic rings. The second-order valence-electron chi connectivity index (χ2n) is 5.95. The Hall–Kier alpha value is -2.60. The van der Waals surface area contributed by atoms with Gasteiger partial charge >= 0.3 is 0 Å². The van der Waals surface area contributed by atoms with Gasteiger partial charge in [-0.05, 0) is 43.5 Å². The van der Waals surface area contributed by atoms with E-state index in [1.54, 1.807) is 53.7 Å². The van der Waals surface area contributed by atoms with Crippen LogP contribution >= 0.6 is 0 Å². The average Bonchev–Trinajstić information content (AvgIpc) is 2.83. The fourth-order valence-corrected chi connectivity index (χ4v) is 3.02. The highest BCUT2D eigenvalue weighted by Crippen LogP contribution is 2.21. The minimum absolute atomic E-state index is 0.107. The molecular weight excluding hydrogens is 304 g/mol. The largest absolute Gasteiger partial charge is 0.328 e. The highest BCUT2D eigenvalue weighted by molar-refractivity contribution is 6.02. The topological polar surface area (TPSA) is 89.2 Å². The van der Waals surface area contributed by atoms with E-state index in [0.717, 1.165) is 12.8 Å². The Labute approximate surface area is 140 Å². The van der Waals surface area contributed by atoms with Gasteiger partial charge in [-0.3, -0.25) is 19.6 Å². The zero-order chi connectivity index (χ0) is 16.9. The number of carbonyl (C=O) groups excluding carboxylic acids is 2. The zero-order valence-electron chi connectivity index (χ0n) is 13.3. The van der Waals surface area contributed by atoms with Crippen molar-refractivity contribution >= 4 is 11.7 Å². The van der Waals surface area contributed by atoms with E-state index in [4.69, 9.17) is 5.73 Å². The number of Topliss-reactive ketones (excluding diaryl/α,β-unsaturated/α-hetero) is 1. The summed E-state index contributed by atoms with van der Waals surface area (Å²) in [6.45, 7) is 0.492. The lowest BCUT2D eigenvalue weighted by molar-refractivity contribution is 0.0605. The van der Waals surface area contributed by atoms with Crippen LogP contribution in [0.2, 0.25) is 0 Å². The molecule has 0 radical (unpaired) electrons. The molecule has 0 saturated carbocycles. The van der Waals surface area contributed by atoms with E-state index in [-0.39, 0.29) is 17.7 Å². The first-order valence-corrected chi connectivity index (χ1v) is 8.09. The summed E-state index contributed by atoms with van der Waals surface area (Å²) in [6, 6.07) is 9.66. The first-order valence-electron chi connectivity index (χ1n) is 8.09. The van der Waals surface area contributed by atoms with Crippen molar-refractivity contribution in [3.63, 3.8) is 0 Å². The molecule has 0 spiro atoms. The molecule has 2 atom stereocenters. The first-order chi connectivity index (χ1) is 11.7. The summed E-state index contributed by atoms with van der Waals surface area (Å²) in [5.41, 5.74) is 6.81. The fourth-order valence-electron chi connectivity index (χ4n) is 3.02. The maximum atomic E-state index is 12.9. The van der Waals surface area contributed by atoms with Gasteiger partial charge in [0.05, 0.1) is 6.04 Å². The molecule has 0 bridgehead atoms. The first kappa shape index (κ1) is 16.3. The molecule has 24 heavy (non-hydrogen) atoms. The van der Waals surface area contributed by atoms with E-state index in [1.807, 2.05) is 0 Å². The number of pyridine rings is 2. The molecule has 1 aliphatic rings. The summed E-state index contributed by atoms with van der Waals surface area (Å²) in [7, 11) is 0. The predicted molar refractivity (Wildman–Crippen MR) is 89.5 cm³/mol. The van der Waals surface area contributed by atoms with E-state index in [9.17, 15) is 9.59 Å². The van der Waals surface area contributed by atoms with E-state index in [1.165, 1.54) is 0 Å². The van der Waals surface area contributed by atoms with Gasteiger partial charge in [-0.2, -0.15) is 0 Å². The lowest BCUT2D eigenvalue weighted by atomic mass is 9.99. The van der Waals surface area contributed by atoms with E-state index >= 15 is 0 Å². The summed E-state index contributed by atoms with van der Waals surface area (Å²) in [5, 5.41) is 0. The molecule has 0 aromatic carbocycles. The number of aromatic nitrogens is 2. The molecule has 2 N–H and O–H groups in total. The van der Waals surface area contributed by atoms with E-state index in [2.05, 4.69) is 9.97 Å². The van der Waals surface area contributed by atoms with Gasteiger partial charge in [0.2, 0.25) is 5.78 Å². The van der Waals surface area contributed by atoms with Crippen LogP contribution in [0.5, 0.6) is 0 Å². The number of hydrogen-bond acceptors (Lipinski definition) is 5. The van der Waals surface area contributed by atoms with Crippen molar-refractivity contribution in [2.75, 3.05) is 6.54 Å². The van der Waals surface area contributed by atoms with Gasteiger partial charge in [-0.25, -0.2) is 0 Å². The van der Waals surface area contributed by atoms with E-state index < -0.39 is 6.04 Å². The molecule has 3 rings (SSSR count). The predicted octanol–water partition coefficient (Wildman–Crippen LogP) is 1.68. The molecule has 2 aromatic heterocycles. The van der Waals surface area contributed by atoms with Crippen LogP contribution in [0.1, 0.15) is 40.2 Å². The van der Waals surface area contributed by atoms with Crippen molar-refractivity contribution in [1.29, 1.82) is 0 Å². The summed E-state index contributed by atoms with van der Waals surface area (Å²) in [4.78, 5) is 35.6. The van der Waals surface area contributed by atoms with Gasteiger partial charge in [0.1, 0.15) is 11.4 Å². The second kappa shape index (κ2) is 7.31. The molecule has 2 unspecified atom stereocenters. The Kier molecular flexibility index (Phi) is 4.96. The standard InChI is InChI=1S/C18H20N4O2/c19-13-6-5-11-22(18(24)15-8-2-4-10-21-15)16(12-13)17(23)14-7-1-3-9-20-14/h1-4,7-10,13,16H,5-6,11-12,19H2. The number of amides is 1. The Morgan fingerprint density at radius 1 is 1.04 bits per heavy atom. The molecular formula is C18H20N4O2. The van der Waals surface area contributed by atoms with Gasteiger partial charge in [0.15, 0.2) is 0 Å². The van der Waals surface area contributed by atoms with Crippen LogP contribution < -0.4 is 5.73 Å². The lowest BCUT2D eigenvalue weighted by Gasteiger charge is -2.29. The molecule has 3 heterocycles. The van der Waals surface area contributed by atoms with Crippen molar-refractivity contribution in [1.82, 2.24) is 14.9 Å². The maximum Gasteiger partial charge on any atom is 0.273 e. The van der Waals surface area contributed by atoms with Crippen LogP contribution in [0.3, 0.4) is 0 Å². The Morgan fingerprint density at radius 3 is 2.33 bits per heavy atom. The minimum Gasteiger partial charge on any atom is -0.328 e. The summed E-state index contributed by atoms with van der Waals surface area (Å²) in [6.07, 6.45) is 5.15. The second-order valence-corrected chi connectivity index (χ2v) is 5.95. The number of likely N-dealkylation sites (tertiary alicyclic amines) is 1. The Bertz CT molecular complexity index is 705. The van der Waals surface area contributed by atoms with Crippen LogP contribution in [0.15, 0.2) is 48.8 Å². The number of rotatable bonds is 3. The third kappa shape index (κ3) is 3.49. The number of carbonyl (C=O) groups is 2. The smallest absolute Gasteiger partial charge is 0.273 e. The van der Waals surface area contributed by atoms with Crippen LogP contribution in [0.25, 0.3) is 0 Å². The zero-order valence-corrected chi connectivity index (χ0v) is 13.3. The van der Waals surface area contributed by atoms with Gasteiger partial charge < -0.3 is 10.6 Å². The van der Waals surface area contributed by atoms with Crippen LogP contribution in [-0.2, 0) is 0 Å². The highest BCUT2D eigenvalue weighted by atomic mass is 16.2. The monoisotopic (exact) mass is 324 g/mol. The molecule has 1 saturated heterocycles. The quantitative estimate of drug-likeness (QED) is 0.868. The van der Waals surface area contributed by atoms with Gasteiger partial charge in [-0.15, -0.1) is 0 Å². The Morgan fingerprint density at radius 2 is 1.71 bits per heavy atom. The summed E-state index contributed by atoms with van der Waals surface area (Å²) in [5.74, 6) is -0.406. The SMILES string of the molecule is NC1CCCN(C(=O)c2ccccn2)C(C(=O)c2ccccn2)C1. The van der Waals surface area contributed by atoms with Crippen molar-refractivity contribution in [3.8, 4) is 0 Å². The average molecular weight is 324 g/mol. The van der Waals surface area contributed by atoms with Crippen LogP contribution in [-0.4, -0.2) is 45.2 Å². The summed E-state index contributed by atoms with van der Waals surface area (Å²) < 4.78 is 0. The van der Waals surface area contributed by atoms with Crippen LogP contribution in [0, 0.1) is 0 Å². The summed E-state index contributed by atoms with van der Waals surface area (Å²) >= 11 is 0. The van der Waals surface area contributed by atoms with Crippen molar-refractivity contribution in [3.05, 3.63) is 60.2 Å². The molecule has 1 amide bonds. The lowest BCUT2D eigenvalue weighted by Crippen LogP contribution is -2.46. The number of nitrogens with two attached hydrogens (primary N) is 1. The minimum atomic E-state index is -0.605. The van der Waals surface area contributed by atoms with Gasteiger partial charge in [-0.1, -0.05) is 12.1 Å². The van der Waals surface area contributed by atoms with Gasteiger partial charge in [0.25, 0.3) is 5.91 Å². The fraction of sp³-hybridized carbons (Fsp3) is 0.333. The highest BCUT2D eigenvalue weighted by Gasteiger charge is 2.35. The normalized spacial score (nSPS) is 21.1. The molecule has 6 heteroatoms. The molecule has 1 fully saturated rings. The Balaban J connectivity index is 1.92. The molecule has 1 aliphatic heterocycles. The van der Waals surface area contributed by atoms with Crippen LogP contribution in [0.4, 0.5) is 0 Å². The van der Waals surface area contributed by atoms with Crippen molar-refractivity contribution < 1.29 is 9.59 Å². The number of hydrogen-bond donors (Lipinski definition) is 1. The van der Waals surface area contributed by atoms with Crippen molar-refractivity contribution in [2.24, 2.45) is 5.73 Å². The molecule has 124 valence electrons. The number of ketones is 1. The molecule has 6 nitrogen and oxygen atoms in total. The molecule has 0 aliphatic carbocycles. The van der Waals surface area contributed by atoms with Crippen molar-refractivity contribution in [2.45, 2.75) is 31.3 Å². The third-order valence-corrected chi connectivity index (χ3v) is 4.24. The number of nitrogens with zero attached hydrogens (tertiary/aromatic N) is 3. The van der Waals surface area contributed by atoms with E-state index in [0.29, 0.717) is 24.4 Å².